The zero-order valence-electron chi connectivity index (χ0n) is 17.8. The van der Waals surface area contributed by atoms with Crippen LogP contribution in [0.3, 0.4) is 0 Å². The van der Waals surface area contributed by atoms with Crippen LogP contribution in [0, 0.1) is 12.8 Å². The topological polar surface area (TPSA) is 105 Å². The lowest BCUT2D eigenvalue weighted by Crippen LogP contribution is -2.43. The summed E-state index contributed by atoms with van der Waals surface area (Å²) in [5.74, 6) is -1.79. The smallest absolute Gasteiger partial charge is 0.475 e. The number of piperidine rings is 1. The van der Waals surface area contributed by atoms with Crippen LogP contribution in [0.25, 0.3) is 0 Å². The molecule has 0 spiro atoms. The molecule has 1 saturated heterocycles. The first-order valence-corrected chi connectivity index (χ1v) is 10.5. The van der Waals surface area contributed by atoms with Gasteiger partial charge in [0.1, 0.15) is 5.82 Å². The lowest BCUT2D eigenvalue weighted by Gasteiger charge is -2.31. The summed E-state index contributed by atoms with van der Waals surface area (Å²) >= 11 is 5.86. The fourth-order valence-corrected chi connectivity index (χ4v) is 3.33. The summed E-state index contributed by atoms with van der Waals surface area (Å²) in [5, 5.41) is 10.7. The van der Waals surface area contributed by atoms with Crippen molar-refractivity contribution in [3.8, 4) is 0 Å². The van der Waals surface area contributed by atoms with Crippen molar-refractivity contribution in [2.45, 2.75) is 32.5 Å². The molecule has 1 aromatic carbocycles. The molecule has 1 fully saturated rings. The summed E-state index contributed by atoms with van der Waals surface area (Å²) < 4.78 is 33.7. The normalized spacial score (nSPS) is 14.3. The molecule has 1 aliphatic heterocycles. The van der Waals surface area contributed by atoms with Crippen LogP contribution >= 0.6 is 11.6 Å². The van der Waals surface area contributed by atoms with Gasteiger partial charge in [-0.3, -0.25) is 9.59 Å². The van der Waals surface area contributed by atoms with Crippen molar-refractivity contribution in [2.75, 3.05) is 19.6 Å². The number of hydrogen-bond donors (Lipinski definition) is 2. The third-order valence-corrected chi connectivity index (χ3v) is 5.31. The quantitative estimate of drug-likeness (QED) is 0.673. The van der Waals surface area contributed by atoms with Crippen molar-refractivity contribution in [3.63, 3.8) is 0 Å². The van der Waals surface area contributed by atoms with E-state index in [0.29, 0.717) is 49.6 Å². The lowest BCUT2D eigenvalue weighted by molar-refractivity contribution is -0.192. The van der Waals surface area contributed by atoms with Crippen LogP contribution in [0.1, 0.15) is 29.0 Å². The van der Waals surface area contributed by atoms with Crippen molar-refractivity contribution >= 4 is 29.4 Å². The number of benzene rings is 1. The number of carboxylic acids is 1. The molecule has 0 atom stereocenters. The van der Waals surface area contributed by atoms with E-state index in [2.05, 4.69) is 10.3 Å². The minimum atomic E-state index is -5.08. The van der Waals surface area contributed by atoms with Crippen LogP contribution in [-0.4, -0.2) is 63.2 Å². The van der Waals surface area contributed by atoms with Gasteiger partial charge < -0.3 is 19.9 Å². The van der Waals surface area contributed by atoms with E-state index in [4.69, 9.17) is 21.5 Å². The molecular formula is C21H24ClF3N4O4. The molecule has 0 radical (unpaired) electrons. The molecule has 2 amide bonds. The Labute approximate surface area is 193 Å². The minimum Gasteiger partial charge on any atom is -0.475 e. The number of alkyl halides is 3. The summed E-state index contributed by atoms with van der Waals surface area (Å²) in [5.41, 5.74) is 0.632. The van der Waals surface area contributed by atoms with Crippen LogP contribution in [0.2, 0.25) is 5.02 Å². The van der Waals surface area contributed by atoms with Crippen molar-refractivity contribution < 1.29 is 32.7 Å². The minimum absolute atomic E-state index is 0.00360. The average Bonchev–Trinajstić information content (AvgIpc) is 3.18. The number of likely N-dealkylation sites (tertiary alicyclic amines) is 1. The van der Waals surface area contributed by atoms with Crippen LogP contribution in [0.5, 0.6) is 0 Å². The van der Waals surface area contributed by atoms with Gasteiger partial charge in [-0.25, -0.2) is 9.78 Å². The van der Waals surface area contributed by atoms with Crippen LogP contribution in [0.15, 0.2) is 36.7 Å². The number of carbonyl (C=O) groups is 3. The Morgan fingerprint density at radius 1 is 1.18 bits per heavy atom. The first-order valence-electron chi connectivity index (χ1n) is 10.1. The average molecular weight is 489 g/mol. The van der Waals surface area contributed by atoms with E-state index in [1.165, 1.54) is 0 Å². The van der Waals surface area contributed by atoms with Gasteiger partial charge >= 0.3 is 12.1 Å². The molecule has 2 N–H and O–H groups in total. The van der Waals surface area contributed by atoms with E-state index >= 15 is 0 Å². The lowest BCUT2D eigenvalue weighted by atomic mass is 9.95. The standard InChI is InChI=1S/C19H23ClN4O2.C2HF3O2/c1-14-21-8-12-23(14)13-9-22-18(25)15-6-10-24(11-7-15)19(26)16-2-4-17(20)5-3-16;3-2(4,5)1(6)7/h2-5,8,12,15H,6-7,9-11,13H2,1H3,(H,22,25);(H,6,7). The SMILES string of the molecule is Cc1nccn1CCNC(=O)C1CCN(C(=O)c2ccc(Cl)cc2)CC1.O=C(O)C(F)(F)F. The molecule has 12 heteroatoms. The van der Waals surface area contributed by atoms with Gasteiger partial charge in [0.25, 0.3) is 5.91 Å². The molecule has 33 heavy (non-hydrogen) atoms. The summed E-state index contributed by atoms with van der Waals surface area (Å²) in [6.07, 6.45) is -0.0442. The second kappa shape index (κ2) is 11.7. The molecule has 2 heterocycles. The first-order chi connectivity index (χ1) is 15.5. The summed E-state index contributed by atoms with van der Waals surface area (Å²) in [6.45, 7) is 4.43. The van der Waals surface area contributed by atoms with Gasteiger partial charge in [0, 0.05) is 55.1 Å². The molecule has 180 valence electrons. The maximum Gasteiger partial charge on any atom is 0.490 e. The van der Waals surface area contributed by atoms with E-state index in [-0.39, 0.29) is 17.7 Å². The maximum absolute atomic E-state index is 12.5. The predicted octanol–water partition coefficient (Wildman–Crippen LogP) is 3.15. The number of hydrogen-bond acceptors (Lipinski definition) is 4. The molecule has 8 nitrogen and oxygen atoms in total. The monoisotopic (exact) mass is 488 g/mol. The van der Waals surface area contributed by atoms with Gasteiger partial charge in [-0.05, 0) is 44.0 Å². The van der Waals surface area contributed by atoms with Crippen molar-refractivity contribution in [2.24, 2.45) is 5.92 Å². The number of aryl methyl sites for hydroxylation is 1. The first kappa shape index (κ1) is 26.2. The van der Waals surface area contributed by atoms with Crippen LogP contribution in [-0.2, 0) is 16.1 Å². The Balaban J connectivity index is 0.000000479. The largest absolute Gasteiger partial charge is 0.490 e. The van der Waals surface area contributed by atoms with Gasteiger partial charge in [0.15, 0.2) is 0 Å². The molecular weight excluding hydrogens is 465 g/mol. The van der Waals surface area contributed by atoms with E-state index < -0.39 is 12.1 Å². The molecule has 0 aliphatic carbocycles. The third kappa shape index (κ3) is 8.08. The third-order valence-electron chi connectivity index (χ3n) is 5.06. The fraction of sp³-hybridized carbons (Fsp3) is 0.429. The summed E-state index contributed by atoms with van der Waals surface area (Å²) in [6, 6.07) is 6.91. The highest BCUT2D eigenvalue weighted by molar-refractivity contribution is 6.30. The molecule has 3 rings (SSSR count). The van der Waals surface area contributed by atoms with E-state index in [9.17, 15) is 22.8 Å². The highest BCUT2D eigenvalue weighted by Gasteiger charge is 2.38. The summed E-state index contributed by atoms with van der Waals surface area (Å²) in [4.78, 5) is 39.7. The number of carboxylic acid groups (broad SMARTS) is 1. The van der Waals surface area contributed by atoms with Gasteiger partial charge in [-0.2, -0.15) is 13.2 Å². The number of amides is 2. The van der Waals surface area contributed by atoms with E-state index in [0.717, 1.165) is 5.82 Å². The van der Waals surface area contributed by atoms with E-state index in [1.54, 1.807) is 30.5 Å². The number of aliphatic carboxylic acids is 1. The number of nitrogens with one attached hydrogen (secondary N) is 1. The second-order valence-electron chi connectivity index (χ2n) is 7.34. The van der Waals surface area contributed by atoms with Crippen LogP contribution in [0.4, 0.5) is 13.2 Å². The Morgan fingerprint density at radius 3 is 2.24 bits per heavy atom. The Hall–Kier alpha value is -3.08. The van der Waals surface area contributed by atoms with Crippen LogP contribution < -0.4 is 5.32 Å². The van der Waals surface area contributed by atoms with Crippen molar-refractivity contribution in [3.05, 3.63) is 53.1 Å². The van der Waals surface area contributed by atoms with Gasteiger partial charge in [0.2, 0.25) is 5.91 Å². The zero-order chi connectivity index (χ0) is 24.6. The predicted molar refractivity (Wildman–Crippen MR) is 114 cm³/mol. The number of nitrogens with zero attached hydrogens (tertiary/aromatic N) is 3. The van der Waals surface area contributed by atoms with E-state index in [1.807, 2.05) is 22.6 Å². The zero-order valence-corrected chi connectivity index (χ0v) is 18.6. The Morgan fingerprint density at radius 2 is 1.76 bits per heavy atom. The highest BCUT2D eigenvalue weighted by Crippen LogP contribution is 2.20. The summed E-state index contributed by atoms with van der Waals surface area (Å²) in [7, 11) is 0. The molecule has 0 unspecified atom stereocenters. The molecule has 0 saturated carbocycles. The fourth-order valence-electron chi connectivity index (χ4n) is 3.20. The van der Waals surface area contributed by atoms with Crippen molar-refractivity contribution in [1.82, 2.24) is 19.8 Å². The highest BCUT2D eigenvalue weighted by atomic mass is 35.5. The van der Waals surface area contributed by atoms with Gasteiger partial charge in [0.05, 0.1) is 0 Å². The maximum atomic E-state index is 12.5. The van der Waals surface area contributed by atoms with Gasteiger partial charge in [-0.15, -0.1) is 0 Å². The number of imidazole rings is 1. The Kier molecular flexibility index (Phi) is 9.27. The van der Waals surface area contributed by atoms with Gasteiger partial charge in [-0.1, -0.05) is 11.6 Å². The molecule has 2 aromatic rings. The number of halogens is 4. The number of rotatable bonds is 5. The molecule has 1 aliphatic rings. The molecule has 0 bridgehead atoms. The molecule has 1 aromatic heterocycles. The van der Waals surface area contributed by atoms with Crippen molar-refractivity contribution in [1.29, 1.82) is 0 Å². The number of carbonyl (C=O) groups excluding carboxylic acids is 2. The Bertz CT molecular complexity index is 955. The number of aromatic nitrogens is 2. The second-order valence-corrected chi connectivity index (χ2v) is 7.77.